The van der Waals surface area contributed by atoms with Crippen molar-refractivity contribution < 1.29 is 9.13 Å². The minimum atomic E-state index is -0.217. The molecule has 0 bridgehead atoms. The average molecular weight is 279 g/mol. The molecule has 1 aliphatic heterocycles. The molecule has 0 saturated carbocycles. The van der Waals surface area contributed by atoms with E-state index in [-0.39, 0.29) is 23.7 Å². The molecule has 4 nitrogen and oxygen atoms in total. The molecule has 1 aromatic rings. The van der Waals surface area contributed by atoms with Crippen LogP contribution in [0.5, 0.6) is 5.75 Å². The van der Waals surface area contributed by atoms with Crippen molar-refractivity contribution in [2.24, 2.45) is 11.7 Å². The molecule has 0 radical (unpaired) electrons. The number of fused-ring (bicyclic) bond motifs is 1. The van der Waals surface area contributed by atoms with Crippen molar-refractivity contribution in [2.45, 2.75) is 26.4 Å². The van der Waals surface area contributed by atoms with Crippen molar-refractivity contribution in [1.29, 1.82) is 5.41 Å². The van der Waals surface area contributed by atoms with Crippen LogP contribution >= 0.6 is 0 Å². The van der Waals surface area contributed by atoms with Gasteiger partial charge in [-0.3, -0.25) is 10.3 Å². The molecule has 0 aliphatic carbocycles. The van der Waals surface area contributed by atoms with Crippen LogP contribution < -0.4 is 10.5 Å². The lowest BCUT2D eigenvalue weighted by Crippen LogP contribution is -2.40. The molecule has 0 fully saturated rings. The largest absolute Gasteiger partial charge is 0.488 e. The van der Waals surface area contributed by atoms with Gasteiger partial charge < -0.3 is 10.5 Å². The summed E-state index contributed by atoms with van der Waals surface area (Å²) in [4.78, 5) is 2.22. The number of ether oxygens (including phenoxy) is 1. The quantitative estimate of drug-likeness (QED) is 0.618. The molecule has 2 rings (SSSR count). The lowest BCUT2D eigenvalue weighted by atomic mass is 10.1. The summed E-state index contributed by atoms with van der Waals surface area (Å²) in [6.45, 7) is 6.42. The molecule has 0 amide bonds. The van der Waals surface area contributed by atoms with E-state index >= 15 is 0 Å². The molecule has 20 heavy (non-hydrogen) atoms. The second-order valence-electron chi connectivity index (χ2n) is 5.40. The number of benzene rings is 1. The monoisotopic (exact) mass is 279 g/mol. The zero-order chi connectivity index (χ0) is 14.7. The van der Waals surface area contributed by atoms with Crippen molar-refractivity contribution in [3.63, 3.8) is 0 Å². The van der Waals surface area contributed by atoms with Crippen LogP contribution in [0.4, 0.5) is 4.39 Å². The Bertz CT molecular complexity index is 492. The fraction of sp³-hybridized carbons (Fsp3) is 0.533. The Morgan fingerprint density at radius 3 is 3.00 bits per heavy atom. The highest BCUT2D eigenvalue weighted by Crippen LogP contribution is 2.29. The van der Waals surface area contributed by atoms with E-state index in [4.69, 9.17) is 15.9 Å². The van der Waals surface area contributed by atoms with Crippen molar-refractivity contribution in [3.8, 4) is 5.75 Å². The number of rotatable bonds is 6. The molecule has 3 N–H and O–H groups in total. The topological polar surface area (TPSA) is 62.3 Å². The molecule has 1 aromatic carbocycles. The fourth-order valence-electron chi connectivity index (χ4n) is 2.50. The minimum absolute atomic E-state index is 0.0381. The first-order valence-electron chi connectivity index (χ1n) is 7.01. The number of nitrogens with zero attached hydrogens (tertiary/aromatic N) is 1. The van der Waals surface area contributed by atoms with E-state index < -0.39 is 0 Å². The van der Waals surface area contributed by atoms with Crippen LogP contribution in [0.1, 0.15) is 19.4 Å². The van der Waals surface area contributed by atoms with Crippen molar-refractivity contribution in [3.05, 3.63) is 29.6 Å². The van der Waals surface area contributed by atoms with E-state index in [1.54, 1.807) is 12.1 Å². The van der Waals surface area contributed by atoms with Crippen LogP contribution in [0.3, 0.4) is 0 Å². The summed E-state index contributed by atoms with van der Waals surface area (Å²) in [5.74, 6) is 0.815. The van der Waals surface area contributed by atoms with Crippen LogP contribution in [0.15, 0.2) is 18.2 Å². The standard InChI is InChI=1S/C15H22FN3O/c1-3-19(8-10(2)15(17)18)9-13-7-11-6-12(16)4-5-14(11)20-13/h4-6,10,13H,3,7-9H2,1-2H3,(H3,17,18). The first kappa shape index (κ1) is 14.8. The molecule has 0 aromatic heterocycles. The van der Waals surface area contributed by atoms with Gasteiger partial charge in [0.2, 0.25) is 0 Å². The number of hydrogen-bond acceptors (Lipinski definition) is 3. The maximum absolute atomic E-state index is 13.2. The fourth-order valence-corrected chi connectivity index (χ4v) is 2.50. The Morgan fingerprint density at radius 2 is 2.35 bits per heavy atom. The van der Waals surface area contributed by atoms with Crippen molar-refractivity contribution in [2.75, 3.05) is 19.6 Å². The third-order valence-electron chi connectivity index (χ3n) is 3.74. The SMILES string of the molecule is CCN(CC1Cc2cc(F)ccc2O1)CC(C)C(=N)N. The van der Waals surface area contributed by atoms with E-state index in [1.165, 1.54) is 6.07 Å². The predicted octanol–water partition coefficient (Wildman–Crippen LogP) is 2.02. The minimum Gasteiger partial charge on any atom is -0.488 e. The van der Waals surface area contributed by atoms with Gasteiger partial charge >= 0.3 is 0 Å². The number of amidine groups is 1. The van der Waals surface area contributed by atoms with E-state index in [9.17, 15) is 4.39 Å². The van der Waals surface area contributed by atoms with E-state index in [1.807, 2.05) is 6.92 Å². The lowest BCUT2D eigenvalue weighted by Gasteiger charge is -2.26. The summed E-state index contributed by atoms with van der Waals surface area (Å²) in [5, 5.41) is 7.46. The summed E-state index contributed by atoms with van der Waals surface area (Å²) < 4.78 is 19.0. The Kier molecular flexibility index (Phi) is 4.60. The number of halogens is 1. The second kappa shape index (κ2) is 6.22. The zero-order valence-electron chi connectivity index (χ0n) is 12.0. The third-order valence-corrected chi connectivity index (χ3v) is 3.74. The summed E-state index contributed by atoms with van der Waals surface area (Å²) in [7, 11) is 0. The number of nitrogens with two attached hydrogens (primary N) is 1. The third kappa shape index (κ3) is 3.48. The molecule has 1 aliphatic rings. The van der Waals surface area contributed by atoms with Gasteiger partial charge in [-0.1, -0.05) is 13.8 Å². The van der Waals surface area contributed by atoms with E-state index in [2.05, 4.69) is 11.8 Å². The summed E-state index contributed by atoms with van der Waals surface area (Å²) >= 11 is 0. The molecular weight excluding hydrogens is 257 g/mol. The van der Waals surface area contributed by atoms with Gasteiger partial charge in [0.05, 0.1) is 5.84 Å². The van der Waals surface area contributed by atoms with Crippen LogP contribution in [0.25, 0.3) is 0 Å². The van der Waals surface area contributed by atoms with E-state index in [0.29, 0.717) is 0 Å². The molecule has 1 heterocycles. The summed E-state index contributed by atoms with van der Waals surface area (Å²) in [6.07, 6.45) is 0.781. The van der Waals surface area contributed by atoms with Crippen molar-refractivity contribution >= 4 is 5.84 Å². The number of hydrogen-bond donors (Lipinski definition) is 2. The lowest BCUT2D eigenvalue weighted by molar-refractivity contribution is 0.149. The highest BCUT2D eigenvalue weighted by Gasteiger charge is 2.25. The maximum atomic E-state index is 13.2. The summed E-state index contributed by atoms with van der Waals surface area (Å²) in [5.41, 5.74) is 6.45. The van der Waals surface area contributed by atoms with Gasteiger partial charge in [-0.05, 0) is 24.7 Å². The van der Waals surface area contributed by atoms with Gasteiger partial charge in [-0.15, -0.1) is 0 Å². The number of nitrogens with one attached hydrogen (secondary N) is 1. The second-order valence-corrected chi connectivity index (χ2v) is 5.40. The summed E-state index contributed by atoms with van der Waals surface area (Å²) in [6, 6.07) is 4.67. The van der Waals surface area contributed by atoms with Crippen LogP contribution in [0.2, 0.25) is 0 Å². The first-order valence-corrected chi connectivity index (χ1v) is 7.01. The highest BCUT2D eigenvalue weighted by molar-refractivity contribution is 5.79. The zero-order valence-corrected chi connectivity index (χ0v) is 12.0. The molecule has 0 spiro atoms. The predicted molar refractivity (Wildman–Crippen MR) is 77.7 cm³/mol. The average Bonchev–Trinajstić information content (AvgIpc) is 2.78. The molecule has 5 heteroatoms. The molecular formula is C15H22FN3O. The molecule has 2 unspecified atom stereocenters. The van der Waals surface area contributed by atoms with E-state index in [0.717, 1.165) is 37.4 Å². The smallest absolute Gasteiger partial charge is 0.123 e. The van der Waals surface area contributed by atoms with Gasteiger partial charge in [-0.2, -0.15) is 0 Å². The van der Waals surface area contributed by atoms with Crippen LogP contribution in [0, 0.1) is 17.1 Å². The molecule has 0 saturated heterocycles. The normalized spacial score (nSPS) is 18.7. The van der Waals surface area contributed by atoms with Gasteiger partial charge in [0.1, 0.15) is 17.7 Å². The number of likely N-dealkylation sites (N-methyl/N-ethyl adjacent to an activating group) is 1. The van der Waals surface area contributed by atoms with Crippen LogP contribution in [-0.4, -0.2) is 36.5 Å². The van der Waals surface area contributed by atoms with Crippen molar-refractivity contribution in [1.82, 2.24) is 4.90 Å². The Hall–Kier alpha value is -1.62. The molecule has 2 atom stereocenters. The van der Waals surface area contributed by atoms with Gasteiger partial charge in [0.15, 0.2) is 0 Å². The van der Waals surface area contributed by atoms with Crippen LogP contribution in [-0.2, 0) is 6.42 Å². The Labute approximate surface area is 119 Å². The first-order chi connectivity index (χ1) is 9.49. The Balaban J connectivity index is 1.92. The van der Waals surface area contributed by atoms with Gasteiger partial charge in [0.25, 0.3) is 0 Å². The highest BCUT2D eigenvalue weighted by atomic mass is 19.1. The van der Waals surface area contributed by atoms with Gasteiger partial charge in [0, 0.05) is 31.0 Å². The van der Waals surface area contributed by atoms with Gasteiger partial charge in [-0.25, -0.2) is 4.39 Å². The molecule has 110 valence electrons. The Morgan fingerprint density at radius 1 is 1.60 bits per heavy atom. The maximum Gasteiger partial charge on any atom is 0.123 e.